The molecule has 8 atom stereocenters. The first-order valence-electron chi connectivity index (χ1n) is 15.4. The Morgan fingerprint density at radius 2 is 1.74 bits per heavy atom. The van der Waals surface area contributed by atoms with Crippen molar-refractivity contribution in [2.75, 3.05) is 7.11 Å². The molecule has 4 aliphatic rings. The van der Waals surface area contributed by atoms with Gasteiger partial charge >= 0.3 is 5.97 Å². The van der Waals surface area contributed by atoms with E-state index in [1.807, 2.05) is 0 Å². The van der Waals surface area contributed by atoms with Crippen LogP contribution in [-0.4, -0.2) is 30.1 Å². The van der Waals surface area contributed by atoms with Crippen LogP contribution in [0, 0.1) is 40.4 Å². The zero-order valence-corrected chi connectivity index (χ0v) is 23.8. The van der Waals surface area contributed by atoms with Crippen molar-refractivity contribution in [1.82, 2.24) is 5.32 Å². The third kappa shape index (κ3) is 5.23. The summed E-state index contributed by atoms with van der Waals surface area (Å²) < 4.78 is 4.95. The van der Waals surface area contributed by atoms with Crippen LogP contribution in [0.2, 0.25) is 0 Å². The predicted molar refractivity (Wildman–Crippen MR) is 149 cm³/mol. The molecule has 0 radical (unpaired) electrons. The molecule has 1 aromatic rings. The summed E-state index contributed by atoms with van der Waals surface area (Å²) in [5.41, 5.74) is 1.90. The molecule has 1 amide bonds. The smallest absolute Gasteiger partial charge is 0.328 e. The van der Waals surface area contributed by atoms with Gasteiger partial charge in [-0.3, -0.25) is 4.79 Å². The van der Waals surface area contributed by atoms with Gasteiger partial charge in [-0.2, -0.15) is 0 Å². The summed E-state index contributed by atoms with van der Waals surface area (Å²) in [6.07, 6.45) is 17.0. The van der Waals surface area contributed by atoms with E-state index in [1.165, 1.54) is 71.3 Å². The zero-order chi connectivity index (χ0) is 26.9. The monoisotopic (exact) mass is 523 g/mol. The Hall–Kier alpha value is -2.04. The van der Waals surface area contributed by atoms with Gasteiger partial charge < -0.3 is 15.2 Å². The molecule has 7 unspecified atom stereocenters. The van der Waals surface area contributed by atoms with E-state index in [4.69, 9.17) is 4.74 Å². The molecule has 4 fully saturated rings. The Morgan fingerprint density at radius 1 is 0.974 bits per heavy atom. The second kappa shape index (κ2) is 11.2. The number of fused-ring (bicyclic) bond motifs is 5. The molecule has 0 saturated heterocycles. The maximum absolute atomic E-state index is 12.9. The van der Waals surface area contributed by atoms with Gasteiger partial charge in [0, 0.05) is 12.8 Å². The average Bonchev–Trinajstić information content (AvgIpc) is 3.25. The molecule has 1 aromatic carbocycles. The number of phenols is 1. The molecule has 2 N–H and O–H groups in total. The SMILES string of the molecule is COC(=O)C(Cc1ccc(O)cc1)NC(=O)CCC[C@H]1CCC2C3CCC4CCCCC4(C)C3CCC21C. The van der Waals surface area contributed by atoms with Crippen molar-refractivity contribution in [1.29, 1.82) is 0 Å². The van der Waals surface area contributed by atoms with Gasteiger partial charge in [-0.05, 0) is 122 Å². The Balaban J connectivity index is 1.14. The molecule has 0 aromatic heterocycles. The van der Waals surface area contributed by atoms with Gasteiger partial charge in [-0.25, -0.2) is 4.79 Å². The molecule has 4 saturated carbocycles. The molecule has 0 spiro atoms. The molecule has 0 bridgehead atoms. The van der Waals surface area contributed by atoms with Gasteiger partial charge in [0.2, 0.25) is 5.91 Å². The van der Waals surface area contributed by atoms with Gasteiger partial charge in [0.05, 0.1) is 7.11 Å². The first-order chi connectivity index (χ1) is 18.2. The number of rotatable bonds is 8. The number of hydrogen-bond donors (Lipinski definition) is 2. The van der Waals surface area contributed by atoms with Gasteiger partial charge in [0.15, 0.2) is 0 Å². The molecular formula is C33H49NO4. The third-order valence-electron chi connectivity index (χ3n) is 11.9. The van der Waals surface area contributed by atoms with E-state index in [2.05, 4.69) is 19.2 Å². The number of nitrogens with one attached hydrogen (secondary N) is 1. The maximum atomic E-state index is 12.9. The predicted octanol–water partition coefficient (Wildman–Crippen LogP) is 6.81. The molecule has 5 nitrogen and oxygen atoms in total. The Morgan fingerprint density at radius 3 is 2.50 bits per heavy atom. The lowest BCUT2D eigenvalue weighted by Crippen LogP contribution is -2.52. The van der Waals surface area contributed by atoms with E-state index in [9.17, 15) is 14.7 Å². The van der Waals surface area contributed by atoms with E-state index in [1.54, 1.807) is 24.3 Å². The van der Waals surface area contributed by atoms with Crippen molar-refractivity contribution in [3.63, 3.8) is 0 Å². The zero-order valence-electron chi connectivity index (χ0n) is 23.8. The van der Waals surface area contributed by atoms with Crippen LogP contribution < -0.4 is 5.32 Å². The van der Waals surface area contributed by atoms with E-state index in [0.717, 1.165) is 42.1 Å². The molecule has 210 valence electrons. The Bertz CT molecular complexity index is 991. The fourth-order valence-corrected chi connectivity index (χ4v) is 9.86. The summed E-state index contributed by atoms with van der Waals surface area (Å²) >= 11 is 0. The molecule has 38 heavy (non-hydrogen) atoms. The van der Waals surface area contributed by atoms with Crippen molar-refractivity contribution in [2.45, 2.75) is 110 Å². The van der Waals surface area contributed by atoms with Crippen LogP contribution in [0.1, 0.15) is 103 Å². The van der Waals surface area contributed by atoms with Gasteiger partial charge in [-0.1, -0.05) is 38.8 Å². The second-order valence-corrected chi connectivity index (χ2v) is 13.6. The number of benzene rings is 1. The number of carbonyl (C=O) groups excluding carboxylic acids is 2. The molecule has 5 heteroatoms. The van der Waals surface area contributed by atoms with Crippen LogP contribution in [0.15, 0.2) is 24.3 Å². The van der Waals surface area contributed by atoms with Crippen molar-refractivity contribution in [2.24, 2.45) is 40.4 Å². The summed E-state index contributed by atoms with van der Waals surface area (Å²) in [5.74, 6) is 4.08. The highest BCUT2D eigenvalue weighted by molar-refractivity contribution is 5.84. The largest absolute Gasteiger partial charge is 0.508 e. The number of aromatic hydroxyl groups is 1. The number of methoxy groups -OCH3 is 1. The first kappa shape index (κ1) is 27.5. The van der Waals surface area contributed by atoms with E-state index in [-0.39, 0.29) is 11.7 Å². The summed E-state index contributed by atoms with van der Waals surface area (Å²) in [7, 11) is 1.35. The highest BCUT2D eigenvalue weighted by Crippen LogP contribution is 2.67. The van der Waals surface area contributed by atoms with Crippen LogP contribution >= 0.6 is 0 Å². The molecule has 0 heterocycles. The van der Waals surface area contributed by atoms with Gasteiger partial charge in [0.25, 0.3) is 0 Å². The first-order valence-corrected chi connectivity index (χ1v) is 15.4. The molecule has 4 aliphatic carbocycles. The lowest BCUT2D eigenvalue weighted by molar-refractivity contribution is -0.145. The fourth-order valence-electron chi connectivity index (χ4n) is 9.86. The van der Waals surface area contributed by atoms with Crippen LogP contribution in [0.5, 0.6) is 5.75 Å². The van der Waals surface area contributed by atoms with Gasteiger partial charge in [-0.15, -0.1) is 0 Å². The number of ether oxygens (including phenoxy) is 1. The standard InChI is InChI=1S/C33H49NO4/c1-32-19-5-4-7-23(32)12-16-26-27-17-13-24(33(27,2)20-18-28(26)32)8-6-9-30(36)34-29(31(37)38-3)21-22-10-14-25(35)15-11-22/h10-11,14-15,23-24,26-29,35H,4-9,12-13,16-21H2,1-3H3,(H,34,36)/t23?,24-,26?,27?,28?,29?,32?,33?/m0/s1. The number of carbonyl (C=O) groups is 2. The number of amides is 1. The lowest BCUT2D eigenvalue weighted by Gasteiger charge is -2.60. The molecule has 5 rings (SSSR count). The quantitative estimate of drug-likeness (QED) is 0.367. The van der Waals surface area contributed by atoms with Gasteiger partial charge in [0.1, 0.15) is 11.8 Å². The normalized spacial score (nSPS) is 36.9. The van der Waals surface area contributed by atoms with Crippen LogP contribution in [0.25, 0.3) is 0 Å². The van der Waals surface area contributed by atoms with E-state index < -0.39 is 12.0 Å². The Kier molecular flexibility index (Phi) is 8.12. The summed E-state index contributed by atoms with van der Waals surface area (Å²) in [6, 6.07) is 6.01. The topological polar surface area (TPSA) is 75.6 Å². The number of hydrogen-bond acceptors (Lipinski definition) is 4. The van der Waals surface area contributed by atoms with E-state index >= 15 is 0 Å². The highest BCUT2D eigenvalue weighted by atomic mass is 16.5. The summed E-state index contributed by atoms with van der Waals surface area (Å²) in [5, 5.41) is 12.4. The number of esters is 1. The van der Waals surface area contributed by atoms with Crippen LogP contribution in [0.3, 0.4) is 0 Å². The molecule has 0 aliphatic heterocycles. The Labute approximate surface area is 229 Å². The average molecular weight is 524 g/mol. The van der Waals surface area contributed by atoms with Crippen LogP contribution in [0.4, 0.5) is 0 Å². The minimum absolute atomic E-state index is 0.0777. The lowest BCUT2D eigenvalue weighted by atomic mass is 9.45. The minimum atomic E-state index is -0.711. The van der Waals surface area contributed by atoms with Crippen molar-refractivity contribution >= 4 is 11.9 Å². The fraction of sp³-hybridized carbons (Fsp3) is 0.758. The summed E-state index contributed by atoms with van der Waals surface area (Å²) in [6.45, 7) is 5.25. The minimum Gasteiger partial charge on any atom is -0.508 e. The maximum Gasteiger partial charge on any atom is 0.328 e. The molecular weight excluding hydrogens is 474 g/mol. The highest BCUT2D eigenvalue weighted by Gasteiger charge is 2.59. The van der Waals surface area contributed by atoms with Crippen molar-refractivity contribution in [3.8, 4) is 5.75 Å². The van der Waals surface area contributed by atoms with Crippen LogP contribution in [-0.2, 0) is 20.7 Å². The van der Waals surface area contributed by atoms with Crippen molar-refractivity contribution in [3.05, 3.63) is 29.8 Å². The third-order valence-corrected chi connectivity index (χ3v) is 11.9. The number of phenolic OH excluding ortho intramolecular Hbond substituents is 1. The second-order valence-electron chi connectivity index (χ2n) is 13.6. The van der Waals surface area contributed by atoms with Crippen molar-refractivity contribution < 1.29 is 19.4 Å². The van der Waals surface area contributed by atoms with E-state index in [0.29, 0.717) is 29.6 Å². The summed E-state index contributed by atoms with van der Waals surface area (Å²) in [4.78, 5) is 25.2.